The van der Waals surface area contributed by atoms with E-state index in [0.717, 1.165) is 20.9 Å². The van der Waals surface area contributed by atoms with Crippen molar-refractivity contribution in [1.82, 2.24) is 0 Å². The van der Waals surface area contributed by atoms with Gasteiger partial charge in [0.05, 0.1) is 26.2 Å². The van der Waals surface area contributed by atoms with Crippen LogP contribution in [0.2, 0.25) is 0 Å². The van der Waals surface area contributed by atoms with E-state index in [9.17, 15) is 0 Å². The predicted octanol–water partition coefficient (Wildman–Crippen LogP) is 15.0. The summed E-state index contributed by atoms with van der Waals surface area (Å²) < 4.78 is 1.42. The molecule has 1 nitrogen and oxygen atoms in total. The number of hydrogen-bond donors (Lipinski definition) is 0. The maximum absolute atomic E-state index is 5.39. The number of benzene rings is 8. The molecule has 0 aliphatic heterocycles. The smallest absolute Gasteiger partial charge is 0.789 e. The van der Waals surface area contributed by atoms with Crippen molar-refractivity contribution in [2.45, 2.75) is 79.1 Å². The summed E-state index contributed by atoms with van der Waals surface area (Å²) in [6.45, 7) is 15.0. The molecule has 0 heterocycles. The fourth-order valence-electron chi connectivity index (χ4n) is 8.67. The second-order valence-electron chi connectivity index (χ2n) is 15.6. The third kappa shape index (κ3) is 10.1. The van der Waals surface area contributed by atoms with Crippen LogP contribution in [-0.4, -0.2) is 30.7 Å². The van der Waals surface area contributed by atoms with Gasteiger partial charge in [-0.3, -0.25) is 0 Å². The van der Waals surface area contributed by atoms with Crippen molar-refractivity contribution in [1.29, 1.82) is 0 Å². The molecule has 0 amide bonds. The van der Waals surface area contributed by atoms with Crippen LogP contribution in [0, 0.1) is 0 Å². The zero-order valence-electron chi connectivity index (χ0n) is 34.4. The number of quaternary nitrogens is 1. The fourth-order valence-corrected chi connectivity index (χ4v) is 9.28. The van der Waals surface area contributed by atoms with Gasteiger partial charge in [0, 0.05) is 0 Å². The summed E-state index contributed by atoms with van der Waals surface area (Å²) in [7, 11) is 0. The second kappa shape index (κ2) is 21.9. The van der Waals surface area contributed by atoms with E-state index in [-0.39, 0.29) is 22.4 Å². The molecule has 304 valence electrons. The van der Waals surface area contributed by atoms with Crippen LogP contribution >= 0.6 is 0 Å². The quantitative estimate of drug-likeness (QED) is 0.0460. The summed E-state index contributed by atoms with van der Waals surface area (Å²) in [5.41, 5.74) is 2.11. The van der Waals surface area contributed by atoms with Gasteiger partial charge in [-0.05, 0) is 101 Å². The predicted molar refractivity (Wildman–Crippen MR) is 265 cm³/mol. The van der Waals surface area contributed by atoms with E-state index < -0.39 is 0 Å². The third-order valence-corrected chi connectivity index (χ3v) is 13.2. The van der Waals surface area contributed by atoms with Crippen LogP contribution < -0.4 is 0 Å². The van der Waals surface area contributed by atoms with E-state index in [0.29, 0.717) is 0 Å². The molecule has 6 heteroatoms. The van der Waals surface area contributed by atoms with Crippen molar-refractivity contribution in [2.24, 2.45) is 0 Å². The molecular formula is C52H56AuNS4. The van der Waals surface area contributed by atoms with Crippen molar-refractivity contribution in [3.8, 4) is 0 Å². The Labute approximate surface area is 385 Å². The zero-order chi connectivity index (χ0) is 40.4. The molecule has 0 bridgehead atoms. The van der Waals surface area contributed by atoms with Crippen molar-refractivity contribution in [2.75, 3.05) is 26.2 Å². The van der Waals surface area contributed by atoms with Gasteiger partial charge in [0.2, 0.25) is 0 Å². The van der Waals surface area contributed by atoms with Crippen molar-refractivity contribution in [3.63, 3.8) is 0 Å². The second-order valence-corrected chi connectivity index (χ2v) is 16.9. The molecule has 8 rings (SSSR count). The third-order valence-electron chi connectivity index (χ3n) is 11.7. The summed E-state index contributed by atoms with van der Waals surface area (Å²) in [5, 5.41) is 18.3. The van der Waals surface area contributed by atoms with Gasteiger partial charge in [0.25, 0.3) is 0 Å². The van der Waals surface area contributed by atoms with Gasteiger partial charge in [-0.2, -0.15) is 9.81 Å². The van der Waals surface area contributed by atoms with Crippen LogP contribution in [0.25, 0.3) is 74.4 Å². The Balaban J connectivity index is 0.000000165. The normalized spacial score (nSPS) is 12.3. The van der Waals surface area contributed by atoms with Crippen LogP contribution in [0.4, 0.5) is 0 Å². The molecule has 0 fully saturated rings. The van der Waals surface area contributed by atoms with Gasteiger partial charge in [-0.1, -0.05) is 163 Å². The van der Waals surface area contributed by atoms with Crippen LogP contribution in [0.3, 0.4) is 0 Å². The average Bonchev–Trinajstić information content (AvgIpc) is 3.26. The van der Waals surface area contributed by atoms with Gasteiger partial charge < -0.3 is 55.0 Å². The van der Waals surface area contributed by atoms with E-state index in [4.69, 9.17) is 50.5 Å². The first-order valence-electron chi connectivity index (χ1n) is 21.0. The maximum Gasteiger partial charge on any atom is 3.00 e. The summed E-state index contributed by atoms with van der Waals surface area (Å²) in [4.78, 5) is 1.47. The molecule has 8 aromatic rings. The molecule has 0 radical (unpaired) electrons. The van der Waals surface area contributed by atoms with Crippen LogP contribution in [0.1, 0.15) is 90.2 Å². The van der Waals surface area contributed by atoms with Gasteiger partial charge in [-0.15, -0.1) is 0 Å². The van der Waals surface area contributed by atoms with Crippen molar-refractivity contribution in [3.05, 3.63) is 131 Å². The molecule has 0 atom stereocenters. The minimum atomic E-state index is 0. The van der Waals surface area contributed by atoms with Gasteiger partial charge >= 0.3 is 22.4 Å². The molecule has 8 aromatic carbocycles. The molecule has 0 aromatic heterocycles. The number of unbranched alkanes of at least 4 members (excludes halogenated alkanes) is 4. The summed E-state index contributed by atoms with van der Waals surface area (Å²) in [6.07, 6.45) is 11.1. The molecular weight excluding hydrogens is 964 g/mol. The first-order chi connectivity index (χ1) is 27.8. The van der Waals surface area contributed by atoms with Crippen molar-refractivity contribution < 1.29 is 26.9 Å². The first-order valence-corrected chi connectivity index (χ1v) is 22.8. The Morgan fingerprint density at radius 2 is 0.690 bits per heavy atom. The molecule has 0 unspecified atom stereocenters. The van der Waals surface area contributed by atoms with Gasteiger partial charge in [0.1, 0.15) is 0 Å². The van der Waals surface area contributed by atoms with Gasteiger partial charge in [-0.25, -0.2) is 10.8 Å². The average molecular weight is 1020 g/mol. The van der Waals surface area contributed by atoms with E-state index in [1.54, 1.807) is 10.8 Å². The van der Waals surface area contributed by atoms with E-state index in [1.165, 1.54) is 147 Å². The van der Waals surface area contributed by atoms with Crippen molar-refractivity contribution >= 4 is 125 Å². The standard InChI is InChI=1S/2C18H12S2.C16H36N.Au/c2*19-10-16(20)14-8-6-13-5-4-11-2-1-3-12-7-9-15(14)18(13)17(11)12;1-5-9-13-17(14-10-6-2,15-11-7-3)16-12-8-4;/h2*1-10,19-20H;5-16H2,1-4H3;/q;;+1;+3/p-4/b2*16-10-;;. The largest absolute Gasteiger partial charge is 3.00 e. The van der Waals surface area contributed by atoms with Gasteiger partial charge in [0.15, 0.2) is 0 Å². The molecule has 0 spiro atoms. The number of nitrogens with zero attached hydrogens (tertiary/aromatic N) is 1. The van der Waals surface area contributed by atoms with Crippen LogP contribution in [-0.2, 0) is 72.9 Å². The summed E-state index contributed by atoms with van der Waals surface area (Å²) in [6, 6.07) is 38.6. The molecule has 0 saturated carbocycles. The van der Waals surface area contributed by atoms with Crippen LogP contribution in [0.5, 0.6) is 0 Å². The minimum Gasteiger partial charge on any atom is -0.789 e. The monoisotopic (exact) mass is 1020 g/mol. The molecule has 58 heavy (non-hydrogen) atoms. The maximum atomic E-state index is 5.39. The van der Waals surface area contributed by atoms with Crippen LogP contribution in [0.15, 0.2) is 120 Å². The number of hydrogen-bond acceptors (Lipinski definition) is 4. The Hall–Kier alpha value is -3.10. The summed E-state index contributed by atoms with van der Waals surface area (Å²) in [5.74, 6) is 0. The minimum absolute atomic E-state index is 0. The van der Waals surface area contributed by atoms with E-state index in [1.807, 2.05) is 0 Å². The molecule has 0 aliphatic rings. The Bertz CT molecular complexity index is 2360. The molecule has 0 saturated heterocycles. The SMILES string of the molecule is CCCC[N+](CCCC)(CCCC)CCCC.[Au+3].[S-]/C=C(\[S-])c1ccc2ccc3cccc4ccc1c2c34.[S-]/C=C(\[S-])c1ccc2ccc3cccc4ccc1c2c34. The topological polar surface area (TPSA) is 0 Å². The first kappa shape index (κ1) is 46.0. The Kier molecular flexibility index (Phi) is 17.4. The van der Waals surface area contributed by atoms with E-state index in [2.05, 4.69) is 137 Å². The molecule has 0 aliphatic carbocycles. The Morgan fingerprint density at radius 1 is 0.414 bits per heavy atom. The zero-order valence-corrected chi connectivity index (χ0v) is 39.8. The number of rotatable bonds is 14. The Morgan fingerprint density at radius 3 is 0.983 bits per heavy atom. The fraction of sp³-hybridized carbons (Fsp3) is 0.308. The van der Waals surface area contributed by atoms with E-state index >= 15 is 0 Å². The molecule has 0 N–H and O–H groups in total. The summed E-state index contributed by atoms with van der Waals surface area (Å²) >= 11 is 20.8.